The van der Waals surface area contributed by atoms with E-state index in [1.165, 1.54) is 10.6 Å². The van der Waals surface area contributed by atoms with Crippen molar-refractivity contribution in [3.05, 3.63) is 80.3 Å². The third-order valence-electron chi connectivity index (χ3n) is 4.93. The van der Waals surface area contributed by atoms with E-state index in [4.69, 9.17) is 23.2 Å². The summed E-state index contributed by atoms with van der Waals surface area (Å²) in [5.74, 6) is -0.281. The molecule has 0 radical (unpaired) electrons. The van der Waals surface area contributed by atoms with E-state index in [2.05, 4.69) is 9.88 Å². The lowest BCUT2D eigenvalue weighted by Gasteiger charge is -2.34. The lowest BCUT2D eigenvalue weighted by Crippen LogP contribution is -2.49. The average molecular weight is 417 g/mol. The van der Waals surface area contributed by atoms with Crippen molar-refractivity contribution in [1.82, 2.24) is 19.2 Å². The molecule has 0 spiro atoms. The van der Waals surface area contributed by atoms with Gasteiger partial charge in [0.1, 0.15) is 11.2 Å². The Hall–Kier alpha value is -2.41. The predicted molar refractivity (Wildman–Crippen MR) is 109 cm³/mol. The highest BCUT2D eigenvalue weighted by atomic mass is 35.5. The summed E-state index contributed by atoms with van der Waals surface area (Å²) in [6.45, 7) is 3.12. The number of halogens is 2. The minimum absolute atomic E-state index is 0.0926. The first-order chi connectivity index (χ1) is 13.5. The molecule has 3 heterocycles. The van der Waals surface area contributed by atoms with E-state index in [9.17, 15) is 9.59 Å². The van der Waals surface area contributed by atoms with Gasteiger partial charge in [0.05, 0.1) is 10.0 Å². The Labute approximate surface area is 171 Å². The van der Waals surface area contributed by atoms with Crippen LogP contribution in [0.5, 0.6) is 0 Å². The van der Waals surface area contributed by atoms with Crippen LogP contribution >= 0.6 is 23.2 Å². The van der Waals surface area contributed by atoms with Crippen LogP contribution in [-0.2, 0) is 6.54 Å². The van der Waals surface area contributed by atoms with Gasteiger partial charge in [0.15, 0.2) is 0 Å². The predicted octanol–water partition coefficient (Wildman–Crippen LogP) is 2.96. The molecule has 0 unspecified atom stereocenters. The lowest BCUT2D eigenvalue weighted by molar-refractivity contribution is 0.0626. The van der Waals surface area contributed by atoms with Gasteiger partial charge < -0.3 is 4.90 Å². The molecule has 144 valence electrons. The van der Waals surface area contributed by atoms with Gasteiger partial charge in [0.2, 0.25) is 0 Å². The Morgan fingerprint density at radius 1 is 1.04 bits per heavy atom. The summed E-state index contributed by atoms with van der Waals surface area (Å²) in [5, 5.41) is 1.11. The van der Waals surface area contributed by atoms with Gasteiger partial charge in [-0.05, 0) is 23.8 Å². The molecule has 28 heavy (non-hydrogen) atoms. The molecule has 0 bridgehead atoms. The second-order valence-corrected chi connectivity index (χ2v) is 7.47. The number of piperazine rings is 1. The third kappa shape index (κ3) is 3.63. The molecule has 6 nitrogen and oxygen atoms in total. The van der Waals surface area contributed by atoms with Crippen molar-refractivity contribution < 1.29 is 4.79 Å². The second-order valence-electron chi connectivity index (χ2n) is 6.69. The fourth-order valence-corrected chi connectivity index (χ4v) is 3.74. The maximum Gasteiger partial charge on any atom is 0.270 e. The number of rotatable bonds is 3. The van der Waals surface area contributed by atoms with Gasteiger partial charge in [-0.15, -0.1) is 0 Å². The normalized spacial score (nSPS) is 15.1. The first-order valence-electron chi connectivity index (χ1n) is 8.95. The van der Waals surface area contributed by atoms with Gasteiger partial charge >= 0.3 is 0 Å². The Morgan fingerprint density at radius 3 is 2.61 bits per heavy atom. The van der Waals surface area contributed by atoms with E-state index in [1.807, 2.05) is 12.1 Å². The molecule has 1 aliphatic heterocycles. The number of fused-ring (bicyclic) bond motifs is 1. The van der Waals surface area contributed by atoms with Crippen molar-refractivity contribution in [2.24, 2.45) is 0 Å². The van der Waals surface area contributed by atoms with Gasteiger partial charge in [0.25, 0.3) is 11.5 Å². The Bertz CT molecular complexity index is 1090. The van der Waals surface area contributed by atoms with Gasteiger partial charge in [-0.25, -0.2) is 4.98 Å². The van der Waals surface area contributed by atoms with Crippen molar-refractivity contribution in [1.29, 1.82) is 0 Å². The molecular weight excluding hydrogens is 399 g/mol. The van der Waals surface area contributed by atoms with Crippen LogP contribution in [0.15, 0.2) is 53.6 Å². The van der Waals surface area contributed by atoms with Gasteiger partial charge in [-0.1, -0.05) is 41.4 Å². The van der Waals surface area contributed by atoms with Crippen LogP contribution < -0.4 is 5.56 Å². The van der Waals surface area contributed by atoms with Crippen molar-refractivity contribution >= 4 is 34.8 Å². The number of nitrogens with zero attached hydrogens (tertiary/aromatic N) is 4. The van der Waals surface area contributed by atoms with Gasteiger partial charge in [-0.3, -0.25) is 18.9 Å². The summed E-state index contributed by atoms with van der Waals surface area (Å²) in [6.07, 6.45) is 2.99. The summed E-state index contributed by atoms with van der Waals surface area (Å²) >= 11 is 12.3. The molecule has 8 heteroatoms. The van der Waals surface area contributed by atoms with Crippen LogP contribution in [0.3, 0.4) is 0 Å². The van der Waals surface area contributed by atoms with Crippen LogP contribution in [-0.4, -0.2) is 51.3 Å². The zero-order chi connectivity index (χ0) is 19.7. The van der Waals surface area contributed by atoms with E-state index in [0.717, 1.165) is 5.56 Å². The molecule has 0 atom stereocenters. The number of benzene rings is 1. The van der Waals surface area contributed by atoms with Gasteiger partial charge in [-0.2, -0.15) is 0 Å². The van der Waals surface area contributed by atoms with E-state index >= 15 is 0 Å². The number of carbonyl (C=O) groups is 1. The molecular formula is C20H18Cl2N4O2. The molecule has 1 aliphatic rings. The average Bonchev–Trinajstić information content (AvgIpc) is 2.72. The van der Waals surface area contributed by atoms with Crippen molar-refractivity contribution in [3.63, 3.8) is 0 Å². The highest BCUT2D eigenvalue weighted by molar-refractivity contribution is 6.42. The number of amides is 1. The smallest absolute Gasteiger partial charge is 0.270 e. The number of hydrogen-bond acceptors (Lipinski definition) is 4. The minimum atomic E-state index is -0.344. The maximum absolute atomic E-state index is 12.8. The summed E-state index contributed by atoms with van der Waals surface area (Å²) in [7, 11) is 0. The van der Waals surface area contributed by atoms with Gasteiger partial charge in [0, 0.05) is 45.1 Å². The van der Waals surface area contributed by atoms with Crippen LogP contribution in [0.1, 0.15) is 15.9 Å². The zero-order valence-corrected chi connectivity index (χ0v) is 16.5. The van der Waals surface area contributed by atoms with Crippen LogP contribution in [0.2, 0.25) is 10.0 Å². The van der Waals surface area contributed by atoms with Crippen molar-refractivity contribution in [3.8, 4) is 0 Å². The number of pyridine rings is 1. The van der Waals surface area contributed by atoms with Crippen LogP contribution in [0.4, 0.5) is 0 Å². The van der Waals surface area contributed by atoms with E-state index in [-0.39, 0.29) is 17.0 Å². The highest BCUT2D eigenvalue weighted by Crippen LogP contribution is 2.26. The lowest BCUT2D eigenvalue weighted by atomic mass is 10.2. The molecule has 1 saturated heterocycles. The first-order valence-corrected chi connectivity index (χ1v) is 9.71. The number of hydrogen-bond donors (Lipinski definition) is 0. The molecule has 3 aromatic rings. The number of carbonyl (C=O) groups excluding carboxylic acids is 1. The molecule has 2 aromatic heterocycles. The fourth-order valence-electron chi connectivity index (χ4n) is 3.36. The molecule has 4 rings (SSSR count). The van der Waals surface area contributed by atoms with E-state index < -0.39 is 0 Å². The molecule has 0 saturated carbocycles. The summed E-state index contributed by atoms with van der Waals surface area (Å²) in [5.41, 5.74) is 1.23. The largest absolute Gasteiger partial charge is 0.336 e. The molecule has 1 aromatic carbocycles. The number of aromatic nitrogens is 2. The topological polar surface area (TPSA) is 57.9 Å². The summed E-state index contributed by atoms with van der Waals surface area (Å²) in [6, 6.07) is 10.9. The minimum Gasteiger partial charge on any atom is -0.336 e. The molecule has 1 amide bonds. The third-order valence-corrected chi connectivity index (χ3v) is 5.79. The maximum atomic E-state index is 12.8. The Balaban J connectivity index is 1.45. The highest BCUT2D eigenvalue weighted by Gasteiger charge is 2.25. The first kappa shape index (κ1) is 18.9. The summed E-state index contributed by atoms with van der Waals surface area (Å²) in [4.78, 5) is 33.6. The standard InChI is InChI=1S/C20H18Cl2N4O2/c21-16-5-3-4-14(18(16)22)13-24-8-10-25(11-9-24)19(27)15-12-23-17-6-1-2-7-26(17)20(15)28/h1-7,12H,8-11,13H2. The quantitative estimate of drug-likeness (QED) is 0.658. The fraction of sp³-hybridized carbons (Fsp3) is 0.250. The van der Waals surface area contributed by atoms with E-state index in [0.29, 0.717) is 48.4 Å². The van der Waals surface area contributed by atoms with Crippen LogP contribution in [0.25, 0.3) is 5.65 Å². The van der Waals surface area contributed by atoms with Crippen molar-refractivity contribution in [2.75, 3.05) is 26.2 Å². The summed E-state index contributed by atoms with van der Waals surface area (Å²) < 4.78 is 1.39. The molecule has 0 aliphatic carbocycles. The Morgan fingerprint density at radius 2 is 1.82 bits per heavy atom. The van der Waals surface area contributed by atoms with E-state index in [1.54, 1.807) is 35.4 Å². The SMILES string of the molecule is O=C(c1cnc2ccccn2c1=O)N1CCN(Cc2cccc(Cl)c2Cl)CC1. The molecule has 0 N–H and O–H groups in total. The second kappa shape index (κ2) is 7.91. The van der Waals surface area contributed by atoms with Crippen molar-refractivity contribution in [2.45, 2.75) is 6.54 Å². The Kier molecular flexibility index (Phi) is 5.35. The zero-order valence-electron chi connectivity index (χ0n) is 15.0. The van der Waals surface area contributed by atoms with Crippen LogP contribution in [0, 0.1) is 0 Å². The molecule has 1 fully saturated rings. The monoisotopic (exact) mass is 416 g/mol.